The first kappa shape index (κ1) is 17.3. The molecular formula is C7H18O7S2Si. The molecule has 0 saturated heterocycles. The molecule has 0 amide bonds. The second-order valence-corrected chi connectivity index (χ2v) is 7.76. The predicted molar refractivity (Wildman–Crippen MR) is 65.7 cm³/mol. The van der Waals surface area contributed by atoms with E-state index in [9.17, 15) is 8.42 Å². The van der Waals surface area contributed by atoms with Crippen molar-refractivity contribution in [3.63, 3.8) is 0 Å². The van der Waals surface area contributed by atoms with Gasteiger partial charge in [-0.1, -0.05) is 0 Å². The summed E-state index contributed by atoms with van der Waals surface area (Å²) in [4.78, 5) is 0. The summed E-state index contributed by atoms with van der Waals surface area (Å²) in [5, 5.41) is 0.0856. The fraction of sp³-hybridized carbons (Fsp3) is 1.00. The molecule has 0 aliphatic rings. The van der Waals surface area contributed by atoms with E-state index in [1.807, 2.05) is 0 Å². The summed E-state index contributed by atoms with van der Waals surface area (Å²) in [5.74, 6) is 0. The summed E-state index contributed by atoms with van der Waals surface area (Å²) in [7, 11) is -7.41. The first-order valence-corrected chi connectivity index (χ1v) is 9.30. The van der Waals surface area contributed by atoms with E-state index in [1.54, 1.807) is 20.8 Å². The summed E-state index contributed by atoms with van der Waals surface area (Å²) in [6, 6.07) is 0. The maximum absolute atomic E-state index is 10.4. The molecule has 0 rings (SSSR count). The molecule has 17 heavy (non-hydrogen) atoms. The maximum Gasteiger partial charge on any atom is 0.513 e. The topological polar surface area (TPSA) is 91.3 Å². The van der Waals surface area contributed by atoms with Crippen LogP contribution in [0, 0.1) is 0 Å². The van der Waals surface area contributed by atoms with Crippen LogP contribution in [0.3, 0.4) is 0 Å². The van der Waals surface area contributed by atoms with Gasteiger partial charge in [-0.2, -0.15) is 12.0 Å². The van der Waals surface area contributed by atoms with Gasteiger partial charge in [-0.15, -0.1) is 0 Å². The normalized spacial score (nSPS) is 12.9. The third kappa shape index (κ3) is 8.10. The minimum Gasteiger partial charge on any atom is -0.373 e. The van der Waals surface area contributed by atoms with E-state index >= 15 is 0 Å². The SMILES string of the molecule is CCO[Si](CSOS(=O)(=O)O)(OCC)OCC. The van der Waals surface area contributed by atoms with Crippen LogP contribution in [0.5, 0.6) is 0 Å². The first-order chi connectivity index (χ1) is 7.89. The van der Waals surface area contributed by atoms with Gasteiger partial charge in [-0.25, -0.2) is 0 Å². The van der Waals surface area contributed by atoms with E-state index in [0.29, 0.717) is 31.9 Å². The molecule has 0 aromatic heterocycles. The zero-order chi connectivity index (χ0) is 13.4. The molecule has 0 radical (unpaired) electrons. The Labute approximate surface area is 107 Å². The van der Waals surface area contributed by atoms with Gasteiger partial charge in [0, 0.05) is 31.9 Å². The highest BCUT2D eigenvalue weighted by Crippen LogP contribution is 2.19. The summed E-state index contributed by atoms with van der Waals surface area (Å²) in [6.07, 6.45) is 0. The molecule has 0 atom stereocenters. The van der Waals surface area contributed by atoms with Crippen molar-refractivity contribution in [2.24, 2.45) is 0 Å². The summed E-state index contributed by atoms with van der Waals surface area (Å²) in [6.45, 7) is 6.52. The lowest BCUT2D eigenvalue weighted by atomic mass is 10.9. The molecule has 1 N–H and O–H groups in total. The van der Waals surface area contributed by atoms with Crippen molar-refractivity contribution in [2.75, 3.05) is 25.2 Å². The van der Waals surface area contributed by atoms with Gasteiger partial charge in [0.2, 0.25) is 0 Å². The highest BCUT2D eigenvalue weighted by molar-refractivity contribution is 8.03. The van der Waals surface area contributed by atoms with Crippen molar-refractivity contribution in [3.8, 4) is 0 Å². The van der Waals surface area contributed by atoms with Crippen molar-refractivity contribution in [1.29, 1.82) is 0 Å². The van der Waals surface area contributed by atoms with Gasteiger partial charge in [0.1, 0.15) is 0 Å². The molecule has 0 unspecified atom stereocenters. The molecule has 0 aromatic rings. The van der Waals surface area contributed by atoms with Gasteiger partial charge in [-0.05, 0) is 20.8 Å². The summed E-state index contributed by atoms with van der Waals surface area (Å²) >= 11 is 0.536. The van der Waals surface area contributed by atoms with Crippen molar-refractivity contribution in [3.05, 3.63) is 0 Å². The molecule has 0 heterocycles. The Morgan fingerprint density at radius 1 is 1.06 bits per heavy atom. The lowest BCUT2D eigenvalue weighted by molar-refractivity contribution is 0.0771. The van der Waals surface area contributed by atoms with Crippen molar-refractivity contribution < 1.29 is 29.9 Å². The molecule has 0 fully saturated rings. The molecule has 10 heteroatoms. The number of hydrogen-bond acceptors (Lipinski definition) is 7. The minimum atomic E-state index is -4.47. The van der Waals surface area contributed by atoms with E-state index in [4.69, 9.17) is 17.8 Å². The van der Waals surface area contributed by atoms with Crippen LogP contribution in [-0.4, -0.2) is 47.0 Å². The molecular weight excluding hydrogens is 288 g/mol. The van der Waals surface area contributed by atoms with E-state index in [1.165, 1.54) is 0 Å². The van der Waals surface area contributed by atoms with Crippen molar-refractivity contribution in [2.45, 2.75) is 20.8 Å². The van der Waals surface area contributed by atoms with Gasteiger partial charge in [-0.3, -0.25) is 4.55 Å². The monoisotopic (exact) mass is 306 g/mol. The third-order valence-electron chi connectivity index (χ3n) is 1.46. The Bertz CT molecular complexity index is 278. The molecule has 0 saturated carbocycles. The minimum absolute atomic E-state index is 0.0856. The van der Waals surface area contributed by atoms with Crippen LogP contribution in [0.15, 0.2) is 0 Å². The van der Waals surface area contributed by atoms with Crippen LogP contribution in [0.4, 0.5) is 0 Å². The average molecular weight is 306 g/mol. The van der Waals surface area contributed by atoms with Gasteiger partial charge < -0.3 is 13.3 Å². The highest BCUT2D eigenvalue weighted by atomic mass is 32.3. The van der Waals surface area contributed by atoms with Crippen LogP contribution >= 0.6 is 12.0 Å². The van der Waals surface area contributed by atoms with E-state index < -0.39 is 19.2 Å². The van der Waals surface area contributed by atoms with E-state index in [2.05, 4.69) is 3.63 Å². The van der Waals surface area contributed by atoms with E-state index in [-0.39, 0.29) is 5.38 Å². The highest BCUT2D eigenvalue weighted by Gasteiger charge is 2.41. The predicted octanol–water partition coefficient (Wildman–Crippen LogP) is 1.04. The fourth-order valence-corrected chi connectivity index (χ4v) is 5.33. The van der Waals surface area contributed by atoms with Gasteiger partial charge in [0.15, 0.2) is 0 Å². The van der Waals surface area contributed by atoms with E-state index in [0.717, 1.165) is 0 Å². The second kappa shape index (κ2) is 8.42. The van der Waals surface area contributed by atoms with Crippen LogP contribution in [0.2, 0.25) is 0 Å². The Morgan fingerprint density at radius 2 is 1.47 bits per heavy atom. The zero-order valence-corrected chi connectivity index (χ0v) is 12.7. The third-order valence-corrected chi connectivity index (χ3v) is 6.61. The van der Waals surface area contributed by atoms with Gasteiger partial charge in [0.05, 0.1) is 5.38 Å². The van der Waals surface area contributed by atoms with Crippen LogP contribution in [-0.2, 0) is 27.3 Å². The number of rotatable bonds is 10. The Morgan fingerprint density at radius 3 is 1.76 bits per heavy atom. The second-order valence-electron chi connectivity index (χ2n) is 2.74. The van der Waals surface area contributed by atoms with Crippen LogP contribution in [0.25, 0.3) is 0 Å². The maximum atomic E-state index is 10.4. The lowest BCUT2D eigenvalue weighted by Crippen LogP contribution is -2.49. The Kier molecular flexibility index (Phi) is 8.58. The van der Waals surface area contributed by atoms with Gasteiger partial charge in [0.25, 0.3) is 0 Å². The fourth-order valence-electron chi connectivity index (χ4n) is 1.07. The largest absolute Gasteiger partial charge is 0.513 e. The van der Waals surface area contributed by atoms with Crippen LogP contribution in [0.1, 0.15) is 20.8 Å². The molecule has 0 aliphatic heterocycles. The molecule has 0 spiro atoms. The summed E-state index contributed by atoms with van der Waals surface area (Å²) in [5.41, 5.74) is 0. The number of hydrogen-bond donors (Lipinski definition) is 1. The van der Waals surface area contributed by atoms with Gasteiger partial charge >= 0.3 is 19.2 Å². The lowest BCUT2D eigenvalue weighted by Gasteiger charge is -2.27. The Hall–Kier alpha value is 0.317. The molecule has 104 valence electrons. The first-order valence-electron chi connectivity index (χ1n) is 5.09. The molecule has 0 bridgehead atoms. The van der Waals surface area contributed by atoms with Crippen molar-refractivity contribution in [1.82, 2.24) is 0 Å². The smallest absolute Gasteiger partial charge is 0.373 e. The average Bonchev–Trinajstić information content (AvgIpc) is 2.16. The molecule has 7 nitrogen and oxygen atoms in total. The quantitative estimate of drug-likeness (QED) is 0.364. The standard InChI is InChI=1S/C7H18O7S2Si/c1-4-11-17(12-5-2,13-6-3)7-15-14-16(8,9)10/h4-7H2,1-3H3,(H,8,9,10). The van der Waals surface area contributed by atoms with Crippen molar-refractivity contribution >= 4 is 31.2 Å². The zero-order valence-electron chi connectivity index (χ0n) is 10.0. The molecule has 0 aromatic carbocycles. The van der Waals surface area contributed by atoms with Crippen LogP contribution < -0.4 is 0 Å². The Balaban J connectivity index is 4.43. The molecule has 0 aliphatic carbocycles. The summed E-state index contributed by atoms with van der Waals surface area (Å²) < 4.78 is 49.7.